The molecule has 0 aliphatic carbocycles. The number of esters is 2. The number of ether oxygens (including phenoxy) is 3. The molecule has 1 aromatic rings. The maximum atomic E-state index is 12.2. The number of methoxy groups -OCH3 is 1. The SMILES string of the molecule is CCOC(=O)CC(c1ccc(OC)cc1)C(CN)C(=O)OCC.Cl. The van der Waals surface area contributed by atoms with Gasteiger partial charge >= 0.3 is 11.9 Å². The van der Waals surface area contributed by atoms with Gasteiger partial charge in [-0.15, -0.1) is 12.4 Å². The highest BCUT2D eigenvalue weighted by molar-refractivity contribution is 5.85. The van der Waals surface area contributed by atoms with Crippen LogP contribution >= 0.6 is 12.4 Å². The van der Waals surface area contributed by atoms with Gasteiger partial charge in [-0.2, -0.15) is 0 Å². The zero-order chi connectivity index (χ0) is 17.2. The average molecular weight is 360 g/mol. The van der Waals surface area contributed by atoms with Gasteiger partial charge in [-0.1, -0.05) is 12.1 Å². The van der Waals surface area contributed by atoms with Crippen LogP contribution in [0, 0.1) is 5.92 Å². The highest BCUT2D eigenvalue weighted by atomic mass is 35.5. The molecule has 0 aliphatic heterocycles. The Bertz CT molecular complexity index is 506. The van der Waals surface area contributed by atoms with E-state index in [-0.39, 0.29) is 37.9 Å². The van der Waals surface area contributed by atoms with Gasteiger partial charge in [0.1, 0.15) is 5.75 Å². The molecule has 0 saturated carbocycles. The van der Waals surface area contributed by atoms with Crippen molar-refractivity contribution in [1.29, 1.82) is 0 Å². The second-order valence-electron chi connectivity index (χ2n) is 4.98. The molecule has 1 rings (SSSR count). The first kappa shape index (κ1) is 22.2. The van der Waals surface area contributed by atoms with E-state index in [1.807, 2.05) is 12.1 Å². The number of carbonyl (C=O) groups excluding carboxylic acids is 2. The lowest BCUT2D eigenvalue weighted by Crippen LogP contribution is -2.33. The summed E-state index contributed by atoms with van der Waals surface area (Å²) in [4.78, 5) is 24.1. The Morgan fingerprint density at radius 1 is 1.08 bits per heavy atom. The van der Waals surface area contributed by atoms with Gasteiger partial charge in [-0.05, 0) is 31.5 Å². The van der Waals surface area contributed by atoms with E-state index in [9.17, 15) is 9.59 Å². The Hall–Kier alpha value is -1.79. The first-order valence-corrected chi connectivity index (χ1v) is 7.73. The van der Waals surface area contributed by atoms with E-state index < -0.39 is 17.8 Å². The minimum atomic E-state index is -0.604. The maximum absolute atomic E-state index is 12.2. The van der Waals surface area contributed by atoms with E-state index >= 15 is 0 Å². The third kappa shape index (κ3) is 6.37. The Morgan fingerprint density at radius 3 is 2.12 bits per heavy atom. The summed E-state index contributed by atoms with van der Waals surface area (Å²) in [6, 6.07) is 7.22. The number of hydrogen-bond acceptors (Lipinski definition) is 6. The van der Waals surface area contributed by atoms with Crippen molar-refractivity contribution >= 4 is 24.3 Å². The van der Waals surface area contributed by atoms with Crippen LogP contribution in [0.1, 0.15) is 31.7 Å². The molecule has 0 bridgehead atoms. The monoisotopic (exact) mass is 359 g/mol. The highest BCUT2D eigenvalue weighted by Crippen LogP contribution is 2.30. The molecule has 0 spiro atoms. The van der Waals surface area contributed by atoms with Gasteiger partial charge < -0.3 is 19.9 Å². The molecule has 1 aromatic carbocycles. The number of nitrogens with two attached hydrogens (primary N) is 1. The predicted molar refractivity (Wildman–Crippen MR) is 93.4 cm³/mol. The summed E-state index contributed by atoms with van der Waals surface area (Å²) in [6.07, 6.45) is 0.0703. The van der Waals surface area contributed by atoms with Crippen molar-refractivity contribution < 1.29 is 23.8 Å². The number of benzene rings is 1. The molecule has 0 heterocycles. The van der Waals surface area contributed by atoms with E-state index in [1.165, 1.54) is 0 Å². The van der Waals surface area contributed by atoms with Crippen molar-refractivity contribution in [2.24, 2.45) is 11.7 Å². The van der Waals surface area contributed by atoms with Gasteiger partial charge in [0.2, 0.25) is 0 Å². The standard InChI is InChI=1S/C17H25NO5.ClH/c1-4-22-16(19)10-14(15(11-18)17(20)23-5-2)12-6-8-13(21-3)9-7-12;/h6-9,14-15H,4-5,10-11,18H2,1-3H3;1H. The molecule has 24 heavy (non-hydrogen) atoms. The zero-order valence-electron chi connectivity index (χ0n) is 14.3. The molecule has 2 atom stereocenters. The lowest BCUT2D eigenvalue weighted by atomic mass is 9.83. The number of carbonyl (C=O) groups is 2. The molecule has 136 valence electrons. The van der Waals surface area contributed by atoms with Gasteiger partial charge in [-0.3, -0.25) is 9.59 Å². The van der Waals surface area contributed by atoms with Crippen molar-refractivity contribution in [2.45, 2.75) is 26.2 Å². The van der Waals surface area contributed by atoms with Crippen LogP contribution < -0.4 is 10.5 Å². The lowest BCUT2D eigenvalue weighted by molar-refractivity contribution is -0.150. The third-order valence-corrected chi connectivity index (χ3v) is 3.56. The molecule has 7 heteroatoms. The van der Waals surface area contributed by atoms with Crippen LogP contribution in [0.4, 0.5) is 0 Å². The van der Waals surface area contributed by atoms with Crippen LogP contribution in [0.5, 0.6) is 5.75 Å². The van der Waals surface area contributed by atoms with Crippen molar-refractivity contribution in [3.05, 3.63) is 29.8 Å². The highest BCUT2D eigenvalue weighted by Gasteiger charge is 2.32. The van der Waals surface area contributed by atoms with Gasteiger partial charge in [0.15, 0.2) is 0 Å². The van der Waals surface area contributed by atoms with E-state index in [0.717, 1.165) is 5.56 Å². The van der Waals surface area contributed by atoms with Crippen LogP contribution in [-0.2, 0) is 19.1 Å². The summed E-state index contributed by atoms with van der Waals surface area (Å²) in [5.41, 5.74) is 6.59. The van der Waals surface area contributed by atoms with Gasteiger partial charge in [-0.25, -0.2) is 0 Å². The molecule has 2 N–H and O–H groups in total. The van der Waals surface area contributed by atoms with Crippen LogP contribution in [0.2, 0.25) is 0 Å². The molecule has 0 aliphatic rings. The molecule has 2 unspecified atom stereocenters. The average Bonchev–Trinajstić information content (AvgIpc) is 2.55. The molecule has 0 amide bonds. The molecule has 6 nitrogen and oxygen atoms in total. The minimum Gasteiger partial charge on any atom is -0.497 e. The topological polar surface area (TPSA) is 87.9 Å². The fourth-order valence-electron chi connectivity index (χ4n) is 2.42. The fraction of sp³-hybridized carbons (Fsp3) is 0.529. The molecule has 0 aromatic heterocycles. The number of halogens is 1. The summed E-state index contributed by atoms with van der Waals surface area (Å²) in [5, 5.41) is 0. The Labute approximate surface area is 149 Å². The smallest absolute Gasteiger partial charge is 0.310 e. The summed E-state index contributed by atoms with van der Waals surface area (Å²) in [7, 11) is 1.58. The van der Waals surface area contributed by atoms with Crippen LogP contribution in [0.15, 0.2) is 24.3 Å². The molecular weight excluding hydrogens is 334 g/mol. The van der Waals surface area contributed by atoms with E-state index in [2.05, 4.69) is 0 Å². The van der Waals surface area contributed by atoms with Gasteiger partial charge in [0, 0.05) is 12.5 Å². The van der Waals surface area contributed by atoms with E-state index in [1.54, 1.807) is 33.1 Å². The van der Waals surface area contributed by atoms with Crippen molar-refractivity contribution in [1.82, 2.24) is 0 Å². The number of hydrogen-bond donors (Lipinski definition) is 1. The Morgan fingerprint density at radius 2 is 1.67 bits per heavy atom. The fourth-order valence-corrected chi connectivity index (χ4v) is 2.42. The van der Waals surface area contributed by atoms with Crippen molar-refractivity contribution in [2.75, 3.05) is 26.9 Å². The second kappa shape index (κ2) is 11.7. The van der Waals surface area contributed by atoms with Crippen molar-refractivity contribution in [3.8, 4) is 5.75 Å². The molecule has 0 fully saturated rings. The molecule has 0 saturated heterocycles. The van der Waals surface area contributed by atoms with Crippen LogP contribution in [0.3, 0.4) is 0 Å². The summed E-state index contributed by atoms with van der Waals surface area (Å²) in [6.45, 7) is 4.13. The van der Waals surface area contributed by atoms with Crippen LogP contribution in [-0.4, -0.2) is 38.8 Å². The first-order chi connectivity index (χ1) is 11.1. The zero-order valence-corrected chi connectivity index (χ0v) is 15.1. The summed E-state index contributed by atoms with van der Waals surface area (Å²) < 4.78 is 15.2. The molecular formula is C17H26ClNO5. The van der Waals surface area contributed by atoms with Crippen molar-refractivity contribution in [3.63, 3.8) is 0 Å². The minimum absolute atomic E-state index is 0. The second-order valence-corrected chi connectivity index (χ2v) is 4.98. The predicted octanol–water partition coefficient (Wildman–Crippen LogP) is 2.29. The largest absolute Gasteiger partial charge is 0.497 e. The number of rotatable bonds is 9. The van der Waals surface area contributed by atoms with E-state index in [4.69, 9.17) is 19.9 Å². The van der Waals surface area contributed by atoms with Crippen LogP contribution in [0.25, 0.3) is 0 Å². The summed E-state index contributed by atoms with van der Waals surface area (Å²) in [5.74, 6) is -1.07. The quantitative estimate of drug-likeness (QED) is 0.680. The third-order valence-electron chi connectivity index (χ3n) is 3.56. The maximum Gasteiger partial charge on any atom is 0.310 e. The van der Waals surface area contributed by atoms with Gasteiger partial charge in [0.05, 0.1) is 32.7 Å². The Kier molecular flexibility index (Phi) is 10.8. The lowest BCUT2D eigenvalue weighted by Gasteiger charge is -2.24. The first-order valence-electron chi connectivity index (χ1n) is 7.73. The van der Waals surface area contributed by atoms with Gasteiger partial charge in [0.25, 0.3) is 0 Å². The molecule has 0 radical (unpaired) electrons. The Balaban J connectivity index is 0.00000529. The normalized spacial score (nSPS) is 12.5. The van der Waals surface area contributed by atoms with E-state index in [0.29, 0.717) is 12.4 Å². The summed E-state index contributed by atoms with van der Waals surface area (Å²) >= 11 is 0.